The fourth-order valence-electron chi connectivity index (χ4n) is 2.51. The van der Waals surface area contributed by atoms with Gasteiger partial charge in [0.15, 0.2) is 5.58 Å². The Morgan fingerprint density at radius 2 is 1.60 bits per heavy atom. The Bertz CT molecular complexity index is 936. The molecule has 0 aliphatic carbocycles. The Balaban J connectivity index is 1.47. The lowest BCUT2D eigenvalue weighted by Gasteiger charge is -2.10. The minimum absolute atomic E-state index is 0.308. The zero-order valence-electron chi connectivity index (χ0n) is 13.5. The Hall–Kier alpha value is -2.74. The summed E-state index contributed by atoms with van der Waals surface area (Å²) in [6.07, 6.45) is 0. The summed E-state index contributed by atoms with van der Waals surface area (Å²) in [7, 11) is 0. The largest absolute Gasteiger partial charge is 0.646 e. The van der Waals surface area contributed by atoms with Gasteiger partial charge in [-0.05, 0) is 36.4 Å². The Labute approximate surface area is 152 Å². The predicted octanol–water partition coefficient (Wildman–Crippen LogP) is 4.53. The minimum atomic E-state index is -0.308. The molecule has 0 aliphatic rings. The van der Waals surface area contributed by atoms with E-state index < -0.39 is 0 Å². The molecule has 0 bridgehead atoms. The van der Waals surface area contributed by atoms with E-state index in [2.05, 4.69) is 4.98 Å². The lowest BCUT2D eigenvalue weighted by molar-refractivity contribution is 0.369. The molecule has 121 valence electrons. The maximum Gasteiger partial charge on any atom is 0.567 e. The van der Waals surface area contributed by atoms with Gasteiger partial charge in [-0.25, -0.2) is 4.98 Å². The van der Waals surface area contributed by atoms with Gasteiger partial charge in [-0.1, -0.05) is 42.5 Å². The van der Waals surface area contributed by atoms with Crippen LogP contribution >= 0.6 is 0 Å². The van der Waals surface area contributed by atoms with Gasteiger partial charge in [-0.2, -0.15) is 0 Å². The molecule has 0 amide bonds. The maximum atomic E-state index is 5.92. The number of para-hydroxylation sites is 4. The summed E-state index contributed by atoms with van der Waals surface area (Å²) in [5.74, 6) is 2.18. The van der Waals surface area contributed by atoms with Gasteiger partial charge in [0.25, 0.3) is 0 Å². The van der Waals surface area contributed by atoms with E-state index in [1.165, 1.54) is 0 Å². The monoisotopic (exact) mass is 344 g/mol. The SMILES string of the molecule is c1ccc([O][Al][CH2]Oc2ccccc2-c2nc3ccccc3o2)cc1. The molecule has 3 aromatic carbocycles. The second kappa shape index (κ2) is 7.44. The van der Waals surface area contributed by atoms with Gasteiger partial charge in [-0.15, -0.1) is 0 Å². The molecule has 0 fully saturated rings. The smallest absolute Gasteiger partial charge is 0.567 e. The average molecular weight is 344 g/mol. The molecule has 4 nitrogen and oxygen atoms in total. The van der Waals surface area contributed by atoms with Crippen molar-refractivity contribution < 1.29 is 12.9 Å². The van der Waals surface area contributed by atoms with Gasteiger partial charge in [-0.3, -0.25) is 0 Å². The quantitative estimate of drug-likeness (QED) is 0.381. The van der Waals surface area contributed by atoms with E-state index in [0.29, 0.717) is 11.4 Å². The summed E-state index contributed by atoms with van der Waals surface area (Å²) in [6, 6.07) is 25.3. The van der Waals surface area contributed by atoms with E-state index in [0.717, 1.165) is 28.2 Å². The predicted molar refractivity (Wildman–Crippen MR) is 97.8 cm³/mol. The van der Waals surface area contributed by atoms with Crippen LogP contribution in [0.1, 0.15) is 0 Å². The summed E-state index contributed by atoms with van der Waals surface area (Å²) in [6.45, 7) is 0. The topological polar surface area (TPSA) is 44.5 Å². The van der Waals surface area contributed by atoms with Crippen molar-refractivity contribution in [1.82, 2.24) is 4.98 Å². The molecule has 0 unspecified atom stereocenters. The first-order chi connectivity index (χ1) is 12.4. The van der Waals surface area contributed by atoms with E-state index in [4.69, 9.17) is 12.9 Å². The molecule has 1 aromatic heterocycles. The highest BCUT2D eigenvalue weighted by molar-refractivity contribution is 6.28. The number of oxazole rings is 1. The molecule has 0 N–H and O–H groups in total. The second-order valence-corrected chi connectivity index (χ2v) is 6.29. The van der Waals surface area contributed by atoms with E-state index in [1.54, 1.807) is 0 Å². The highest BCUT2D eigenvalue weighted by Gasteiger charge is 2.13. The Morgan fingerprint density at radius 1 is 0.840 bits per heavy atom. The van der Waals surface area contributed by atoms with Crippen molar-refractivity contribution in [2.75, 3.05) is 5.47 Å². The number of rotatable bonds is 6. The van der Waals surface area contributed by atoms with E-state index >= 15 is 0 Å². The van der Waals surface area contributed by atoms with Crippen LogP contribution in [0.4, 0.5) is 0 Å². The number of hydrogen-bond acceptors (Lipinski definition) is 4. The number of aromatic nitrogens is 1. The molecule has 0 aliphatic heterocycles. The maximum absolute atomic E-state index is 5.92. The van der Waals surface area contributed by atoms with Gasteiger partial charge in [0.2, 0.25) is 5.89 Å². The third-order valence-corrected chi connectivity index (χ3v) is 4.42. The van der Waals surface area contributed by atoms with Crippen molar-refractivity contribution in [1.29, 1.82) is 0 Å². The molecule has 0 saturated carbocycles. The number of hydrogen-bond donors (Lipinski definition) is 0. The van der Waals surface area contributed by atoms with E-state index in [-0.39, 0.29) is 15.6 Å². The first-order valence-corrected chi connectivity index (χ1v) is 9.30. The van der Waals surface area contributed by atoms with Gasteiger partial charge in [0.1, 0.15) is 11.3 Å². The van der Waals surface area contributed by atoms with Crippen molar-refractivity contribution >= 4 is 26.7 Å². The van der Waals surface area contributed by atoms with Crippen LogP contribution in [0.2, 0.25) is 0 Å². The Kier molecular flexibility index (Phi) is 4.69. The van der Waals surface area contributed by atoms with Crippen LogP contribution in [0.15, 0.2) is 83.3 Å². The van der Waals surface area contributed by atoms with Crippen molar-refractivity contribution in [2.45, 2.75) is 0 Å². The summed E-state index contributed by atoms with van der Waals surface area (Å²) in [5, 5.41) is 0. The van der Waals surface area contributed by atoms with Crippen LogP contribution in [0.5, 0.6) is 11.5 Å². The molecule has 5 heteroatoms. The van der Waals surface area contributed by atoms with Crippen LogP contribution in [-0.2, 0) is 0 Å². The van der Waals surface area contributed by atoms with Crippen LogP contribution in [-0.4, -0.2) is 26.0 Å². The first kappa shape index (κ1) is 15.8. The molecule has 1 heterocycles. The molecule has 0 atom stereocenters. The normalized spacial score (nSPS) is 10.6. The molecular formula is C20H15AlNO3. The molecule has 4 rings (SSSR count). The number of ether oxygens (including phenoxy) is 1. The number of benzene rings is 3. The third-order valence-electron chi connectivity index (χ3n) is 3.68. The number of nitrogens with zero attached hydrogens (tertiary/aromatic N) is 1. The van der Waals surface area contributed by atoms with Crippen LogP contribution in [0, 0.1) is 0 Å². The molecular weight excluding hydrogens is 329 g/mol. The lowest BCUT2D eigenvalue weighted by Crippen LogP contribution is -2.13. The molecule has 25 heavy (non-hydrogen) atoms. The first-order valence-electron chi connectivity index (χ1n) is 8.01. The molecule has 1 radical (unpaired) electrons. The van der Waals surface area contributed by atoms with Crippen molar-refractivity contribution in [3.05, 3.63) is 78.9 Å². The summed E-state index contributed by atoms with van der Waals surface area (Å²) < 4.78 is 17.5. The summed E-state index contributed by atoms with van der Waals surface area (Å²) in [5.41, 5.74) is 2.97. The van der Waals surface area contributed by atoms with Crippen LogP contribution < -0.4 is 8.53 Å². The zero-order valence-corrected chi connectivity index (χ0v) is 14.6. The van der Waals surface area contributed by atoms with Gasteiger partial charge in [0, 0.05) is 0 Å². The highest BCUT2D eigenvalue weighted by atomic mass is 27.1. The lowest BCUT2D eigenvalue weighted by atomic mass is 10.2. The van der Waals surface area contributed by atoms with Gasteiger partial charge in [0.05, 0.1) is 16.8 Å². The van der Waals surface area contributed by atoms with E-state index in [1.807, 2.05) is 78.9 Å². The zero-order chi connectivity index (χ0) is 16.9. The van der Waals surface area contributed by atoms with Crippen molar-refractivity contribution in [3.8, 4) is 23.0 Å². The minimum Gasteiger partial charge on any atom is -0.646 e. The van der Waals surface area contributed by atoms with Gasteiger partial charge < -0.3 is 12.9 Å². The molecule has 0 spiro atoms. The summed E-state index contributed by atoms with van der Waals surface area (Å²) in [4.78, 5) is 4.55. The fourth-order valence-corrected chi connectivity index (χ4v) is 3.17. The van der Waals surface area contributed by atoms with Gasteiger partial charge >= 0.3 is 15.6 Å². The average Bonchev–Trinajstić information content (AvgIpc) is 3.10. The standard InChI is InChI=1S/C14H10NO2.C6H6O.Al/c1-16-12-8-4-2-6-10(12)14-15-11-7-3-5-9-13(11)17-14;7-6-4-2-1-3-5-6;/h2-9H,1H2;1-5,7H;/q;;+1/p-1. The van der Waals surface area contributed by atoms with Crippen molar-refractivity contribution in [3.63, 3.8) is 0 Å². The van der Waals surface area contributed by atoms with Crippen LogP contribution in [0.25, 0.3) is 22.6 Å². The molecule has 0 saturated heterocycles. The second-order valence-electron chi connectivity index (χ2n) is 5.39. The number of fused-ring (bicyclic) bond motifs is 1. The van der Waals surface area contributed by atoms with Crippen molar-refractivity contribution in [2.24, 2.45) is 0 Å². The molecule has 4 aromatic rings. The van der Waals surface area contributed by atoms with Crippen LogP contribution in [0.3, 0.4) is 0 Å². The summed E-state index contributed by atoms with van der Waals surface area (Å²) >= 11 is -0.308. The Morgan fingerprint density at radius 3 is 2.48 bits per heavy atom. The highest BCUT2D eigenvalue weighted by Crippen LogP contribution is 2.31. The third kappa shape index (κ3) is 3.69. The fraction of sp³-hybridized carbons (Fsp3) is 0.0500. The van der Waals surface area contributed by atoms with E-state index in [9.17, 15) is 0 Å².